The zero-order chi connectivity index (χ0) is 20.5. The quantitative estimate of drug-likeness (QED) is 0.640. The van der Waals surface area contributed by atoms with Crippen molar-refractivity contribution in [2.45, 2.75) is 6.04 Å². The van der Waals surface area contributed by atoms with Gasteiger partial charge < -0.3 is 9.69 Å². The standard InChI is InChI=1S/C20H15Cl2FN4O2/c21-13-2-1-3-17(7-13)27-19(12-4-14(22)6-15(23)5-12)8-18(25-27)20(29)26-9-16(10-28)24-11-26/h1-8,10,16,24H,9,11H2. The lowest BCUT2D eigenvalue weighted by molar-refractivity contribution is -0.109. The molecule has 1 aliphatic heterocycles. The second kappa shape index (κ2) is 7.94. The van der Waals surface area contributed by atoms with Gasteiger partial charge in [-0.15, -0.1) is 0 Å². The molecule has 0 spiro atoms. The topological polar surface area (TPSA) is 67.2 Å². The summed E-state index contributed by atoms with van der Waals surface area (Å²) in [6.45, 7) is 0.501. The summed E-state index contributed by atoms with van der Waals surface area (Å²) in [5.41, 5.74) is 1.72. The van der Waals surface area contributed by atoms with Crippen LogP contribution in [0.25, 0.3) is 16.9 Å². The predicted octanol–water partition coefficient (Wildman–Crippen LogP) is 3.56. The summed E-state index contributed by atoms with van der Waals surface area (Å²) >= 11 is 12.1. The zero-order valence-electron chi connectivity index (χ0n) is 15.0. The van der Waals surface area contributed by atoms with Crippen LogP contribution in [-0.4, -0.2) is 46.1 Å². The Hall–Kier alpha value is -2.74. The summed E-state index contributed by atoms with van der Waals surface area (Å²) in [7, 11) is 0. The predicted molar refractivity (Wildman–Crippen MR) is 108 cm³/mol. The van der Waals surface area contributed by atoms with Gasteiger partial charge >= 0.3 is 0 Å². The number of aromatic nitrogens is 2. The fourth-order valence-electron chi connectivity index (χ4n) is 3.20. The highest BCUT2D eigenvalue weighted by molar-refractivity contribution is 6.31. The van der Waals surface area contributed by atoms with E-state index in [0.717, 1.165) is 6.29 Å². The highest BCUT2D eigenvalue weighted by Gasteiger charge is 2.28. The molecule has 1 saturated heterocycles. The summed E-state index contributed by atoms with van der Waals surface area (Å²) in [5.74, 6) is -0.844. The van der Waals surface area contributed by atoms with Crippen molar-refractivity contribution in [3.8, 4) is 16.9 Å². The van der Waals surface area contributed by atoms with Crippen LogP contribution in [0.1, 0.15) is 10.5 Å². The van der Waals surface area contributed by atoms with E-state index in [2.05, 4.69) is 10.4 Å². The van der Waals surface area contributed by atoms with Gasteiger partial charge in [-0.1, -0.05) is 29.3 Å². The summed E-state index contributed by atoms with van der Waals surface area (Å²) < 4.78 is 15.5. The molecule has 4 rings (SSSR count). The van der Waals surface area contributed by atoms with Gasteiger partial charge in [0.1, 0.15) is 12.1 Å². The van der Waals surface area contributed by atoms with Gasteiger partial charge in [0.15, 0.2) is 5.69 Å². The van der Waals surface area contributed by atoms with Gasteiger partial charge in [0, 0.05) is 22.2 Å². The third-order valence-electron chi connectivity index (χ3n) is 4.55. The highest BCUT2D eigenvalue weighted by atomic mass is 35.5. The van der Waals surface area contributed by atoms with E-state index in [4.69, 9.17) is 23.2 Å². The molecule has 1 aliphatic rings. The molecule has 1 N–H and O–H groups in total. The van der Waals surface area contributed by atoms with Crippen molar-refractivity contribution in [3.63, 3.8) is 0 Å². The number of aldehydes is 1. The first kappa shape index (κ1) is 19.6. The van der Waals surface area contributed by atoms with Crippen molar-refractivity contribution >= 4 is 35.4 Å². The van der Waals surface area contributed by atoms with Crippen molar-refractivity contribution in [1.29, 1.82) is 0 Å². The fraction of sp³-hybridized carbons (Fsp3) is 0.150. The third-order valence-corrected chi connectivity index (χ3v) is 5.01. The van der Waals surface area contributed by atoms with Gasteiger partial charge in [-0.3, -0.25) is 10.1 Å². The van der Waals surface area contributed by atoms with Crippen molar-refractivity contribution in [1.82, 2.24) is 20.0 Å². The van der Waals surface area contributed by atoms with Crippen molar-refractivity contribution < 1.29 is 14.0 Å². The molecule has 29 heavy (non-hydrogen) atoms. The number of hydrogen-bond acceptors (Lipinski definition) is 4. The van der Waals surface area contributed by atoms with E-state index in [-0.39, 0.29) is 29.8 Å². The van der Waals surface area contributed by atoms with Crippen LogP contribution < -0.4 is 5.32 Å². The number of carbonyl (C=O) groups excluding carboxylic acids is 2. The maximum Gasteiger partial charge on any atom is 0.275 e. The van der Waals surface area contributed by atoms with Crippen LogP contribution >= 0.6 is 23.2 Å². The van der Waals surface area contributed by atoms with Gasteiger partial charge in [-0.2, -0.15) is 5.10 Å². The first-order chi connectivity index (χ1) is 13.9. The average Bonchev–Trinajstić information content (AvgIpc) is 3.34. The fourth-order valence-corrected chi connectivity index (χ4v) is 3.61. The maximum atomic E-state index is 14.0. The molecule has 0 aliphatic carbocycles. The smallest absolute Gasteiger partial charge is 0.275 e. The number of nitrogens with zero attached hydrogens (tertiary/aromatic N) is 3. The molecule has 1 amide bonds. The monoisotopic (exact) mass is 432 g/mol. The van der Waals surface area contributed by atoms with Crippen LogP contribution in [-0.2, 0) is 4.79 Å². The average molecular weight is 433 g/mol. The van der Waals surface area contributed by atoms with Crippen molar-refractivity contribution in [2.24, 2.45) is 0 Å². The van der Waals surface area contributed by atoms with Crippen LogP contribution in [0.2, 0.25) is 10.0 Å². The zero-order valence-corrected chi connectivity index (χ0v) is 16.5. The summed E-state index contributed by atoms with van der Waals surface area (Å²) in [6.07, 6.45) is 0.762. The number of carbonyl (C=O) groups is 2. The van der Waals surface area contributed by atoms with E-state index in [1.807, 2.05) is 0 Å². The largest absolute Gasteiger partial charge is 0.322 e. The first-order valence-corrected chi connectivity index (χ1v) is 9.50. The molecule has 0 radical (unpaired) electrons. The minimum atomic E-state index is -0.503. The van der Waals surface area contributed by atoms with Crippen molar-refractivity contribution in [2.75, 3.05) is 13.2 Å². The summed E-state index contributed by atoms with van der Waals surface area (Å²) in [6, 6.07) is 12.2. The number of hydrogen-bond donors (Lipinski definition) is 1. The molecular weight excluding hydrogens is 418 g/mol. The molecule has 2 heterocycles. The lowest BCUT2D eigenvalue weighted by Gasteiger charge is -2.12. The Kier molecular flexibility index (Phi) is 5.36. The molecule has 2 aromatic carbocycles. The summed E-state index contributed by atoms with van der Waals surface area (Å²) in [5, 5.41) is 8.09. The third kappa shape index (κ3) is 4.03. The second-order valence-electron chi connectivity index (χ2n) is 6.60. The van der Waals surface area contributed by atoms with Gasteiger partial charge in [0.2, 0.25) is 0 Å². The Labute approximate surface area is 175 Å². The minimum Gasteiger partial charge on any atom is -0.322 e. The van der Waals surface area contributed by atoms with Gasteiger partial charge in [-0.05, 0) is 42.5 Å². The van der Waals surface area contributed by atoms with Crippen LogP contribution in [0.5, 0.6) is 0 Å². The van der Waals surface area contributed by atoms with E-state index in [0.29, 0.717) is 22.0 Å². The Bertz CT molecular complexity index is 1080. The van der Waals surface area contributed by atoms with E-state index >= 15 is 0 Å². The number of amides is 1. The Morgan fingerprint density at radius 1 is 1.17 bits per heavy atom. The lowest BCUT2D eigenvalue weighted by Crippen LogP contribution is -2.30. The van der Waals surface area contributed by atoms with Crippen LogP contribution in [0.3, 0.4) is 0 Å². The molecule has 0 bridgehead atoms. The molecule has 1 unspecified atom stereocenters. The molecular formula is C20H15Cl2FN4O2. The molecule has 148 valence electrons. The molecule has 6 nitrogen and oxygen atoms in total. The van der Waals surface area contributed by atoms with Gasteiger partial charge in [0.25, 0.3) is 5.91 Å². The van der Waals surface area contributed by atoms with Crippen LogP contribution in [0.15, 0.2) is 48.5 Å². The number of rotatable bonds is 4. The minimum absolute atomic E-state index is 0.161. The first-order valence-electron chi connectivity index (χ1n) is 8.75. The Morgan fingerprint density at radius 2 is 2.00 bits per heavy atom. The highest BCUT2D eigenvalue weighted by Crippen LogP contribution is 2.29. The Morgan fingerprint density at radius 3 is 2.69 bits per heavy atom. The van der Waals surface area contributed by atoms with E-state index < -0.39 is 11.9 Å². The maximum absolute atomic E-state index is 14.0. The molecule has 1 aromatic heterocycles. The molecule has 1 atom stereocenters. The van der Waals surface area contributed by atoms with E-state index in [1.54, 1.807) is 36.4 Å². The lowest BCUT2D eigenvalue weighted by atomic mass is 10.1. The van der Waals surface area contributed by atoms with E-state index in [1.165, 1.54) is 21.7 Å². The van der Waals surface area contributed by atoms with Crippen LogP contribution in [0.4, 0.5) is 4.39 Å². The normalized spacial score (nSPS) is 16.2. The summed E-state index contributed by atoms with van der Waals surface area (Å²) in [4.78, 5) is 25.4. The number of nitrogens with one attached hydrogen (secondary N) is 1. The van der Waals surface area contributed by atoms with Crippen molar-refractivity contribution in [3.05, 3.63) is 70.1 Å². The SMILES string of the molecule is O=CC1CN(C(=O)c2cc(-c3cc(F)cc(Cl)c3)n(-c3cccc(Cl)c3)n2)CN1. The van der Waals surface area contributed by atoms with Crippen LogP contribution in [0, 0.1) is 5.82 Å². The molecule has 9 heteroatoms. The van der Waals surface area contributed by atoms with Gasteiger partial charge in [-0.25, -0.2) is 9.07 Å². The molecule has 1 fully saturated rings. The number of benzene rings is 2. The molecule has 0 saturated carbocycles. The van der Waals surface area contributed by atoms with Gasteiger partial charge in [0.05, 0.1) is 24.1 Å². The molecule has 3 aromatic rings. The second-order valence-corrected chi connectivity index (χ2v) is 7.47. The van der Waals surface area contributed by atoms with E-state index in [9.17, 15) is 14.0 Å². The number of halogens is 3. The Balaban J connectivity index is 1.80.